The molecule has 28 heavy (non-hydrogen) atoms. The lowest BCUT2D eigenvalue weighted by molar-refractivity contribution is -0.134. The van der Waals surface area contributed by atoms with Crippen molar-refractivity contribution in [3.63, 3.8) is 0 Å². The number of hydrogen-bond donors (Lipinski definition) is 1. The number of ether oxygens (including phenoxy) is 1. The smallest absolute Gasteiger partial charge is 0.419 e. The fourth-order valence-corrected chi connectivity index (χ4v) is 3.80. The summed E-state index contributed by atoms with van der Waals surface area (Å²) in [5.41, 5.74) is 2.23. The van der Waals surface area contributed by atoms with Gasteiger partial charge in [-0.3, -0.25) is 9.36 Å². The summed E-state index contributed by atoms with van der Waals surface area (Å²) >= 11 is 0. The minimum Gasteiger partial charge on any atom is -0.496 e. The van der Waals surface area contributed by atoms with Crippen molar-refractivity contribution in [2.75, 3.05) is 26.7 Å². The van der Waals surface area contributed by atoms with Crippen molar-refractivity contribution in [3.05, 3.63) is 64.6 Å². The number of nitrogens with zero attached hydrogens (tertiary/aromatic N) is 2. The number of benzene rings is 2. The van der Waals surface area contributed by atoms with Gasteiger partial charge in [0, 0.05) is 38.2 Å². The van der Waals surface area contributed by atoms with Gasteiger partial charge >= 0.3 is 5.76 Å². The molecule has 3 aromatic rings. The fourth-order valence-electron chi connectivity index (χ4n) is 3.80. The number of piperazine rings is 1. The number of rotatable bonds is 5. The summed E-state index contributed by atoms with van der Waals surface area (Å²) in [7, 11) is 1.64. The molecule has 1 aromatic heterocycles. The number of aromatic nitrogens is 1. The van der Waals surface area contributed by atoms with E-state index in [9.17, 15) is 9.59 Å². The van der Waals surface area contributed by atoms with E-state index >= 15 is 0 Å². The zero-order chi connectivity index (χ0) is 19.5. The third-order valence-electron chi connectivity index (χ3n) is 5.18. The van der Waals surface area contributed by atoms with Gasteiger partial charge in [0.2, 0.25) is 5.91 Å². The maximum atomic E-state index is 13.0. The Morgan fingerprint density at radius 2 is 2.00 bits per heavy atom. The van der Waals surface area contributed by atoms with Crippen molar-refractivity contribution in [1.29, 1.82) is 0 Å². The quantitative estimate of drug-likeness (QED) is 0.733. The molecule has 1 fully saturated rings. The minimum atomic E-state index is -0.435. The molecule has 1 N–H and O–H groups in total. The van der Waals surface area contributed by atoms with E-state index in [1.807, 2.05) is 47.4 Å². The number of hydrogen-bond acceptors (Lipinski definition) is 5. The third-order valence-corrected chi connectivity index (χ3v) is 5.18. The Hall–Kier alpha value is -3.06. The topological polar surface area (TPSA) is 76.7 Å². The zero-order valence-corrected chi connectivity index (χ0v) is 15.8. The van der Waals surface area contributed by atoms with Gasteiger partial charge in [0.05, 0.1) is 18.7 Å². The van der Waals surface area contributed by atoms with Crippen LogP contribution in [0, 0.1) is 0 Å². The summed E-state index contributed by atoms with van der Waals surface area (Å²) in [6.07, 6.45) is 0.231. The van der Waals surface area contributed by atoms with Gasteiger partial charge in [0.1, 0.15) is 5.75 Å². The van der Waals surface area contributed by atoms with Crippen LogP contribution in [0.4, 0.5) is 0 Å². The SMILES string of the molecule is COc1ccccc1C1CNCCN1C(=O)CCn1c(=O)oc2ccccc21. The van der Waals surface area contributed by atoms with E-state index in [0.29, 0.717) is 24.2 Å². The van der Waals surface area contributed by atoms with E-state index in [-0.39, 0.29) is 24.9 Å². The van der Waals surface area contributed by atoms with Crippen LogP contribution in [0.25, 0.3) is 11.1 Å². The third kappa shape index (κ3) is 3.41. The number of para-hydroxylation sites is 3. The molecule has 2 aromatic carbocycles. The molecule has 146 valence electrons. The lowest BCUT2D eigenvalue weighted by Gasteiger charge is -2.37. The maximum Gasteiger partial charge on any atom is 0.419 e. The second-order valence-electron chi connectivity index (χ2n) is 6.79. The molecular formula is C21H23N3O4. The molecule has 1 aliphatic heterocycles. The summed E-state index contributed by atoms with van der Waals surface area (Å²) in [6, 6.07) is 14.9. The highest BCUT2D eigenvalue weighted by molar-refractivity contribution is 5.78. The monoisotopic (exact) mass is 381 g/mol. The van der Waals surface area contributed by atoms with Crippen LogP contribution in [0.5, 0.6) is 5.75 Å². The standard InChI is InChI=1S/C21H23N3O4/c1-27-18-8-4-2-6-15(18)17-14-22-11-13-23(17)20(25)10-12-24-16-7-3-5-9-19(16)28-21(24)26/h2-9,17,22H,10-14H2,1H3. The van der Waals surface area contributed by atoms with Crippen LogP contribution in [-0.4, -0.2) is 42.1 Å². The van der Waals surface area contributed by atoms with Crippen LogP contribution in [0.1, 0.15) is 18.0 Å². The Bertz CT molecular complexity index is 1040. The normalized spacial score (nSPS) is 17.0. The molecule has 2 heterocycles. The number of amides is 1. The second-order valence-corrected chi connectivity index (χ2v) is 6.79. The summed E-state index contributed by atoms with van der Waals surface area (Å²) in [5, 5.41) is 3.35. The van der Waals surface area contributed by atoms with Crippen molar-refractivity contribution in [2.24, 2.45) is 0 Å². The van der Waals surface area contributed by atoms with Crippen LogP contribution < -0.4 is 15.8 Å². The first kappa shape index (κ1) is 18.3. The van der Waals surface area contributed by atoms with E-state index in [4.69, 9.17) is 9.15 Å². The molecule has 1 unspecified atom stereocenters. The van der Waals surface area contributed by atoms with E-state index in [1.54, 1.807) is 13.2 Å². The predicted octanol–water partition coefficient (Wildman–Crippen LogP) is 2.17. The summed E-state index contributed by atoms with van der Waals surface area (Å²) in [4.78, 5) is 27.1. The van der Waals surface area contributed by atoms with Gasteiger partial charge in [-0.05, 0) is 18.2 Å². The number of nitrogens with one attached hydrogen (secondary N) is 1. The van der Waals surface area contributed by atoms with Gasteiger partial charge in [-0.15, -0.1) is 0 Å². The Balaban J connectivity index is 1.54. The van der Waals surface area contributed by atoms with Gasteiger partial charge in [-0.1, -0.05) is 30.3 Å². The molecule has 7 nitrogen and oxygen atoms in total. The molecule has 1 saturated heterocycles. The Morgan fingerprint density at radius 3 is 2.86 bits per heavy atom. The van der Waals surface area contributed by atoms with E-state index < -0.39 is 5.76 Å². The first-order valence-electron chi connectivity index (χ1n) is 9.40. The number of aryl methyl sites for hydroxylation is 1. The molecule has 0 bridgehead atoms. The molecule has 7 heteroatoms. The Kier molecular flexibility index (Phi) is 5.16. The number of fused-ring (bicyclic) bond motifs is 1. The first-order chi connectivity index (χ1) is 13.7. The largest absolute Gasteiger partial charge is 0.496 e. The zero-order valence-electron chi connectivity index (χ0n) is 15.8. The summed E-state index contributed by atoms with van der Waals surface area (Å²) in [5.74, 6) is 0.344. The lowest BCUT2D eigenvalue weighted by atomic mass is 10.0. The predicted molar refractivity (Wildman–Crippen MR) is 105 cm³/mol. The van der Waals surface area contributed by atoms with Gasteiger partial charge in [-0.25, -0.2) is 4.79 Å². The van der Waals surface area contributed by atoms with E-state index in [2.05, 4.69) is 5.32 Å². The number of carbonyl (C=O) groups is 1. The Labute approximate surface area is 162 Å². The lowest BCUT2D eigenvalue weighted by Crippen LogP contribution is -2.49. The van der Waals surface area contributed by atoms with Gasteiger partial charge in [0.15, 0.2) is 5.58 Å². The van der Waals surface area contributed by atoms with Crippen molar-refractivity contribution in [3.8, 4) is 5.75 Å². The van der Waals surface area contributed by atoms with Crippen LogP contribution in [0.3, 0.4) is 0 Å². The van der Waals surface area contributed by atoms with Crippen LogP contribution in [0.15, 0.2) is 57.7 Å². The average molecular weight is 381 g/mol. The molecular weight excluding hydrogens is 358 g/mol. The second kappa shape index (κ2) is 7.90. The Morgan fingerprint density at radius 1 is 1.21 bits per heavy atom. The molecule has 0 saturated carbocycles. The van der Waals surface area contributed by atoms with Gasteiger partial charge in [0.25, 0.3) is 0 Å². The van der Waals surface area contributed by atoms with Crippen molar-refractivity contribution in [2.45, 2.75) is 19.0 Å². The van der Waals surface area contributed by atoms with Crippen molar-refractivity contribution < 1.29 is 13.9 Å². The molecule has 1 atom stereocenters. The van der Waals surface area contributed by atoms with Gasteiger partial charge in [-0.2, -0.15) is 0 Å². The molecule has 0 aliphatic carbocycles. The van der Waals surface area contributed by atoms with Crippen LogP contribution >= 0.6 is 0 Å². The molecule has 0 spiro atoms. The fraction of sp³-hybridized carbons (Fsp3) is 0.333. The molecule has 1 aliphatic rings. The number of oxazole rings is 1. The highest BCUT2D eigenvalue weighted by atomic mass is 16.5. The van der Waals surface area contributed by atoms with Gasteiger partial charge < -0.3 is 19.4 Å². The molecule has 4 rings (SSSR count). The maximum absolute atomic E-state index is 13.0. The van der Waals surface area contributed by atoms with E-state index in [0.717, 1.165) is 17.9 Å². The van der Waals surface area contributed by atoms with Crippen LogP contribution in [0.2, 0.25) is 0 Å². The number of carbonyl (C=O) groups excluding carboxylic acids is 1. The minimum absolute atomic E-state index is 0.00888. The molecule has 0 radical (unpaired) electrons. The van der Waals surface area contributed by atoms with E-state index in [1.165, 1.54) is 4.57 Å². The molecule has 1 amide bonds. The number of methoxy groups -OCH3 is 1. The van der Waals surface area contributed by atoms with Crippen molar-refractivity contribution in [1.82, 2.24) is 14.8 Å². The summed E-state index contributed by atoms with van der Waals surface area (Å²) in [6.45, 7) is 2.31. The average Bonchev–Trinajstić information content (AvgIpc) is 3.07. The summed E-state index contributed by atoms with van der Waals surface area (Å²) < 4.78 is 12.3. The first-order valence-corrected chi connectivity index (χ1v) is 9.40. The van der Waals surface area contributed by atoms with Crippen molar-refractivity contribution >= 4 is 17.0 Å². The highest BCUT2D eigenvalue weighted by Crippen LogP contribution is 2.30. The van der Waals surface area contributed by atoms with Crippen LogP contribution in [-0.2, 0) is 11.3 Å². The highest BCUT2D eigenvalue weighted by Gasteiger charge is 2.29.